The van der Waals surface area contributed by atoms with E-state index in [1.54, 1.807) is 11.3 Å². The van der Waals surface area contributed by atoms with Gasteiger partial charge in [-0.05, 0) is 36.4 Å². The minimum Gasteiger partial charge on any atom is -0.438 e. The molecule has 4 heteroatoms. The van der Waals surface area contributed by atoms with Gasteiger partial charge in [-0.2, -0.15) is 0 Å². The van der Waals surface area contributed by atoms with Crippen LogP contribution in [-0.2, 0) is 13.0 Å². The predicted molar refractivity (Wildman–Crippen MR) is 71.2 cm³/mol. The summed E-state index contributed by atoms with van der Waals surface area (Å²) in [5.74, 6) is 1.66. The monoisotopic (exact) mass is 250 g/mol. The van der Waals surface area contributed by atoms with Gasteiger partial charge in [0, 0.05) is 0 Å². The number of rotatable bonds is 6. The Morgan fingerprint density at radius 3 is 3.06 bits per heavy atom. The van der Waals surface area contributed by atoms with Gasteiger partial charge in [-0.15, -0.1) is 11.3 Å². The lowest BCUT2D eigenvalue weighted by molar-refractivity contribution is 0.478. The van der Waals surface area contributed by atoms with E-state index in [9.17, 15) is 0 Å². The van der Waals surface area contributed by atoms with Crippen LogP contribution in [0.3, 0.4) is 0 Å². The molecule has 0 saturated carbocycles. The molecule has 2 aromatic heterocycles. The van der Waals surface area contributed by atoms with Crippen LogP contribution in [-0.4, -0.2) is 11.5 Å². The molecule has 2 heterocycles. The molecule has 0 aliphatic heterocycles. The van der Waals surface area contributed by atoms with Gasteiger partial charge in [0.15, 0.2) is 5.76 Å². The zero-order valence-corrected chi connectivity index (χ0v) is 11.1. The smallest absolute Gasteiger partial charge is 0.208 e. The van der Waals surface area contributed by atoms with Crippen molar-refractivity contribution >= 4 is 11.3 Å². The summed E-state index contributed by atoms with van der Waals surface area (Å²) in [7, 11) is 0. The lowest BCUT2D eigenvalue weighted by atomic mass is 10.2. The van der Waals surface area contributed by atoms with E-state index < -0.39 is 0 Å². The molecule has 1 N–H and O–H groups in total. The quantitative estimate of drug-likeness (QED) is 0.798. The highest BCUT2D eigenvalue weighted by atomic mass is 32.1. The molecule has 0 atom stereocenters. The van der Waals surface area contributed by atoms with Gasteiger partial charge < -0.3 is 9.73 Å². The molecule has 0 spiro atoms. The molecule has 0 radical (unpaired) electrons. The molecule has 0 unspecified atom stereocenters. The predicted octanol–water partition coefficient (Wildman–Crippen LogP) is 3.47. The van der Waals surface area contributed by atoms with Crippen molar-refractivity contribution in [2.75, 3.05) is 6.54 Å². The molecule has 0 fully saturated rings. The maximum atomic E-state index is 5.75. The van der Waals surface area contributed by atoms with Gasteiger partial charge in [-0.3, -0.25) is 0 Å². The van der Waals surface area contributed by atoms with E-state index in [1.807, 2.05) is 6.20 Å². The topological polar surface area (TPSA) is 38.1 Å². The molecular formula is C13H18N2OS. The van der Waals surface area contributed by atoms with Gasteiger partial charge in [0.2, 0.25) is 5.89 Å². The molecule has 0 aliphatic rings. The van der Waals surface area contributed by atoms with Gasteiger partial charge in [-0.25, -0.2) is 4.98 Å². The van der Waals surface area contributed by atoms with E-state index in [1.165, 1.54) is 10.4 Å². The van der Waals surface area contributed by atoms with Crippen LogP contribution >= 0.6 is 11.3 Å². The average molecular weight is 250 g/mol. The second-order valence-corrected chi connectivity index (χ2v) is 4.84. The van der Waals surface area contributed by atoms with Gasteiger partial charge in [-0.1, -0.05) is 13.8 Å². The molecule has 0 saturated heterocycles. The fraction of sp³-hybridized carbons (Fsp3) is 0.462. The third kappa shape index (κ3) is 2.96. The van der Waals surface area contributed by atoms with Crippen molar-refractivity contribution < 1.29 is 4.42 Å². The minimum atomic E-state index is 0.709. The van der Waals surface area contributed by atoms with E-state index >= 15 is 0 Å². The molecule has 0 bridgehead atoms. The number of aryl methyl sites for hydroxylation is 1. The van der Waals surface area contributed by atoms with Crippen LogP contribution in [0.25, 0.3) is 10.6 Å². The summed E-state index contributed by atoms with van der Waals surface area (Å²) < 4.78 is 5.75. The second kappa shape index (κ2) is 5.98. The number of hydrogen-bond acceptors (Lipinski definition) is 4. The van der Waals surface area contributed by atoms with Crippen molar-refractivity contribution in [1.29, 1.82) is 0 Å². The summed E-state index contributed by atoms with van der Waals surface area (Å²) in [5.41, 5.74) is 1.33. The maximum absolute atomic E-state index is 5.75. The molecule has 0 amide bonds. The van der Waals surface area contributed by atoms with E-state index in [2.05, 4.69) is 35.6 Å². The normalized spacial score (nSPS) is 10.9. The summed E-state index contributed by atoms with van der Waals surface area (Å²) in [4.78, 5) is 5.51. The second-order valence-electron chi connectivity index (χ2n) is 3.92. The van der Waals surface area contributed by atoms with Crippen LogP contribution in [0, 0.1) is 0 Å². The number of nitrogens with one attached hydrogen (secondary N) is 1. The molecular weight excluding hydrogens is 232 g/mol. The zero-order valence-electron chi connectivity index (χ0n) is 10.3. The van der Waals surface area contributed by atoms with Gasteiger partial charge in [0.1, 0.15) is 0 Å². The first-order chi connectivity index (χ1) is 8.35. The van der Waals surface area contributed by atoms with Crippen LogP contribution in [0.5, 0.6) is 0 Å². The third-order valence-electron chi connectivity index (χ3n) is 2.61. The van der Waals surface area contributed by atoms with Crippen molar-refractivity contribution in [2.45, 2.75) is 33.2 Å². The molecule has 92 valence electrons. The first-order valence-electron chi connectivity index (χ1n) is 6.07. The largest absolute Gasteiger partial charge is 0.438 e. The number of aromatic nitrogens is 1. The number of oxazole rings is 1. The van der Waals surface area contributed by atoms with Crippen molar-refractivity contribution in [2.24, 2.45) is 0 Å². The number of nitrogens with zero attached hydrogens (tertiary/aromatic N) is 1. The van der Waals surface area contributed by atoms with E-state index in [0.717, 1.165) is 31.0 Å². The zero-order chi connectivity index (χ0) is 12.1. The summed E-state index contributed by atoms with van der Waals surface area (Å²) in [6.07, 6.45) is 3.98. The molecule has 2 rings (SSSR count). The van der Waals surface area contributed by atoms with Crippen molar-refractivity contribution in [3.05, 3.63) is 29.1 Å². The standard InChI is InChI=1S/C13H18N2OS/c1-3-6-14-9-12-15-8-11(16-12)13-10(4-2)5-7-17-13/h5,7-8,14H,3-4,6,9H2,1-2H3. The molecule has 3 nitrogen and oxygen atoms in total. The molecule has 0 aromatic carbocycles. The van der Waals surface area contributed by atoms with Crippen molar-refractivity contribution in [3.63, 3.8) is 0 Å². The summed E-state index contributed by atoms with van der Waals surface area (Å²) in [5, 5.41) is 5.39. The first kappa shape index (κ1) is 12.3. The lowest BCUT2D eigenvalue weighted by Crippen LogP contribution is -2.13. The number of thiophene rings is 1. The van der Waals surface area contributed by atoms with Crippen LogP contribution in [0.2, 0.25) is 0 Å². The SMILES string of the molecule is CCCNCc1ncc(-c2sccc2CC)o1. The Kier molecular flexibility index (Phi) is 4.34. The number of hydrogen-bond donors (Lipinski definition) is 1. The van der Waals surface area contributed by atoms with Gasteiger partial charge in [0.05, 0.1) is 17.6 Å². The highest BCUT2D eigenvalue weighted by Crippen LogP contribution is 2.30. The highest BCUT2D eigenvalue weighted by molar-refractivity contribution is 7.13. The molecule has 2 aromatic rings. The lowest BCUT2D eigenvalue weighted by Gasteiger charge is -1.98. The highest BCUT2D eigenvalue weighted by Gasteiger charge is 2.10. The van der Waals surface area contributed by atoms with Gasteiger partial charge in [0.25, 0.3) is 0 Å². The minimum absolute atomic E-state index is 0.709. The van der Waals surface area contributed by atoms with Gasteiger partial charge >= 0.3 is 0 Å². The van der Waals surface area contributed by atoms with Crippen molar-refractivity contribution in [3.8, 4) is 10.6 Å². The average Bonchev–Trinajstić information content (AvgIpc) is 2.96. The summed E-state index contributed by atoms with van der Waals surface area (Å²) in [6, 6.07) is 2.15. The Hall–Kier alpha value is -1.13. The van der Waals surface area contributed by atoms with Crippen LogP contribution < -0.4 is 5.32 Å². The van der Waals surface area contributed by atoms with Crippen LogP contribution in [0.4, 0.5) is 0 Å². The Balaban J connectivity index is 2.07. The van der Waals surface area contributed by atoms with E-state index in [0.29, 0.717) is 6.54 Å². The third-order valence-corrected chi connectivity index (χ3v) is 3.58. The maximum Gasteiger partial charge on any atom is 0.208 e. The van der Waals surface area contributed by atoms with Crippen LogP contribution in [0.1, 0.15) is 31.7 Å². The first-order valence-corrected chi connectivity index (χ1v) is 6.95. The van der Waals surface area contributed by atoms with Crippen molar-refractivity contribution in [1.82, 2.24) is 10.3 Å². The Labute approximate surface area is 106 Å². The fourth-order valence-corrected chi connectivity index (χ4v) is 2.64. The Bertz CT molecular complexity index is 461. The summed E-state index contributed by atoms with van der Waals surface area (Å²) in [6.45, 7) is 6.01. The molecule has 0 aliphatic carbocycles. The van der Waals surface area contributed by atoms with E-state index in [-0.39, 0.29) is 0 Å². The summed E-state index contributed by atoms with van der Waals surface area (Å²) >= 11 is 1.71. The Morgan fingerprint density at radius 1 is 1.41 bits per heavy atom. The van der Waals surface area contributed by atoms with E-state index in [4.69, 9.17) is 4.42 Å². The Morgan fingerprint density at radius 2 is 2.29 bits per heavy atom. The fourth-order valence-electron chi connectivity index (χ4n) is 1.70. The van der Waals surface area contributed by atoms with Crippen LogP contribution in [0.15, 0.2) is 22.1 Å². The molecule has 17 heavy (non-hydrogen) atoms.